The lowest BCUT2D eigenvalue weighted by Gasteiger charge is -2.20. The highest BCUT2D eigenvalue weighted by molar-refractivity contribution is 5.99. The van der Waals surface area contributed by atoms with Gasteiger partial charge in [-0.2, -0.15) is 0 Å². The standard InChI is InChI=1S/C15H14N2O/c1-17-14(12-8-4-2-5-9-12)16-18-15(17)13-10-6-3-7-11-13/h2-11,15H,1H3. The molecular formula is C15H14N2O. The van der Waals surface area contributed by atoms with Crippen LogP contribution >= 0.6 is 0 Å². The van der Waals surface area contributed by atoms with Gasteiger partial charge in [0.05, 0.1) is 0 Å². The Labute approximate surface area is 106 Å². The van der Waals surface area contributed by atoms with Crippen LogP contribution in [0.1, 0.15) is 17.4 Å². The van der Waals surface area contributed by atoms with E-state index in [1.165, 1.54) is 0 Å². The van der Waals surface area contributed by atoms with Crippen LogP contribution in [0.5, 0.6) is 0 Å². The SMILES string of the molecule is CN1C(c2ccccc2)=NOC1c1ccccc1. The van der Waals surface area contributed by atoms with E-state index in [-0.39, 0.29) is 6.23 Å². The van der Waals surface area contributed by atoms with Crippen LogP contribution < -0.4 is 0 Å². The minimum Gasteiger partial charge on any atom is -0.363 e. The predicted molar refractivity (Wildman–Crippen MR) is 71.0 cm³/mol. The van der Waals surface area contributed by atoms with E-state index < -0.39 is 0 Å². The van der Waals surface area contributed by atoms with Crippen molar-refractivity contribution in [1.82, 2.24) is 4.90 Å². The van der Waals surface area contributed by atoms with E-state index in [0.29, 0.717) is 0 Å². The summed E-state index contributed by atoms with van der Waals surface area (Å²) in [4.78, 5) is 7.58. The van der Waals surface area contributed by atoms with Gasteiger partial charge in [0.25, 0.3) is 0 Å². The Morgan fingerprint density at radius 2 is 1.56 bits per heavy atom. The summed E-state index contributed by atoms with van der Waals surface area (Å²) in [6, 6.07) is 20.2. The van der Waals surface area contributed by atoms with Crippen LogP contribution in [0.15, 0.2) is 65.8 Å². The Balaban J connectivity index is 1.87. The van der Waals surface area contributed by atoms with Crippen LogP contribution in [0.25, 0.3) is 0 Å². The maximum absolute atomic E-state index is 5.53. The van der Waals surface area contributed by atoms with Crippen molar-refractivity contribution in [3.8, 4) is 0 Å². The normalized spacial score (nSPS) is 18.4. The molecule has 3 nitrogen and oxygen atoms in total. The molecule has 0 saturated carbocycles. The van der Waals surface area contributed by atoms with E-state index in [4.69, 9.17) is 4.84 Å². The molecule has 3 rings (SSSR count). The van der Waals surface area contributed by atoms with Gasteiger partial charge in [0.15, 0.2) is 5.84 Å². The Kier molecular flexibility index (Phi) is 2.73. The molecule has 1 atom stereocenters. The fourth-order valence-electron chi connectivity index (χ4n) is 2.09. The van der Waals surface area contributed by atoms with Gasteiger partial charge in [0, 0.05) is 18.2 Å². The third-order valence-electron chi connectivity index (χ3n) is 3.04. The maximum Gasteiger partial charge on any atom is 0.227 e. The quantitative estimate of drug-likeness (QED) is 0.803. The molecule has 3 heteroatoms. The summed E-state index contributed by atoms with van der Waals surface area (Å²) in [5.74, 6) is 0.865. The molecule has 1 aliphatic rings. The molecule has 0 spiro atoms. The number of nitrogens with zero attached hydrogens (tertiary/aromatic N) is 2. The Morgan fingerprint density at radius 1 is 0.944 bits per heavy atom. The molecule has 1 unspecified atom stereocenters. The first-order valence-corrected chi connectivity index (χ1v) is 5.93. The zero-order chi connectivity index (χ0) is 12.4. The molecule has 90 valence electrons. The van der Waals surface area contributed by atoms with Gasteiger partial charge in [-0.25, -0.2) is 0 Å². The fourth-order valence-corrected chi connectivity index (χ4v) is 2.09. The van der Waals surface area contributed by atoms with E-state index in [2.05, 4.69) is 5.16 Å². The zero-order valence-electron chi connectivity index (χ0n) is 10.2. The first-order valence-electron chi connectivity index (χ1n) is 5.93. The summed E-state index contributed by atoms with van der Waals surface area (Å²) in [5.41, 5.74) is 2.17. The molecule has 0 saturated heterocycles. The minimum atomic E-state index is -0.138. The van der Waals surface area contributed by atoms with Crippen molar-refractivity contribution >= 4 is 5.84 Å². The summed E-state index contributed by atoms with van der Waals surface area (Å²) in [6.07, 6.45) is -0.138. The number of hydrogen-bond donors (Lipinski definition) is 0. The van der Waals surface area contributed by atoms with E-state index in [0.717, 1.165) is 17.0 Å². The van der Waals surface area contributed by atoms with Gasteiger partial charge in [0.1, 0.15) is 0 Å². The van der Waals surface area contributed by atoms with Crippen LogP contribution in [0.3, 0.4) is 0 Å². The average Bonchev–Trinajstić information content (AvgIpc) is 2.83. The molecule has 1 heterocycles. The number of amidine groups is 1. The number of rotatable bonds is 2. The lowest BCUT2D eigenvalue weighted by molar-refractivity contribution is 0.0190. The van der Waals surface area contributed by atoms with Crippen molar-refractivity contribution in [3.63, 3.8) is 0 Å². The Bertz CT molecular complexity index is 551. The maximum atomic E-state index is 5.53. The van der Waals surface area contributed by atoms with Gasteiger partial charge in [-0.3, -0.25) is 0 Å². The molecule has 0 amide bonds. The molecule has 0 aromatic heterocycles. The van der Waals surface area contributed by atoms with Crippen LogP contribution in [-0.4, -0.2) is 17.8 Å². The second-order valence-corrected chi connectivity index (χ2v) is 4.26. The van der Waals surface area contributed by atoms with E-state index in [1.54, 1.807) is 0 Å². The topological polar surface area (TPSA) is 24.8 Å². The van der Waals surface area contributed by atoms with E-state index in [1.807, 2.05) is 72.6 Å². The Morgan fingerprint density at radius 3 is 2.22 bits per heavy atom. The lowest BCUT2D eigenvalue weighted by atomic mass is 10.1. The monoisotopic (exact) mass is 238 g/mol. The van der Waals surface area contributed by atoms with Crippen molar-refractivity contribution in [2.45, 2.75) is 6.23 Å². The highest BCUT2D eigenvalue weighted by Gasteiger charge is 2.28. The molecular weight excluding hydrogens is 224 g/mol. The van der Waals surface area contributed by atoms with Gasteiger partial charge in [-0.05, 0) is 0 Å². The van der Waals surface area contributed by atoms with Gasteiger partial charge >= 0.3 is 0 Å². The molecule has 2 aromatic carbocycles. The molecule has 18 heavy (non-hydrogen) atoms. The van der Waals surface area contributed by atoms with Gasteiger partial charge in [-0.15, -0.1) is 0 Å². The number of benzene rings is 2. The average molecular weight is 238 g/mol. The molecule has 0 radical (unpaired) electrons. The number of oxime groups is 1. The van der Waals surface area contributed by atoms with Crippen LogP contribution in [0.4, 0.5) is 0 Å². The van der Waals surface area contributed by atoms with E-state index >= 15 is 0 Å². The van der Waals surface area contributed by atoms with Crippen molar-refractivity contribution in [2.24, 2.45) is 5.16 Å². The summed E-state index contributed by atoms with van der Waals surface area (Å²) < 4.78 is 0. The minimum absolute atomic E-state index is 0.138. The summed E-state index contributed by atoms with van der Waals surface area (Å²) in [5, 5.41) is 4.19. The van der Waals surface area contributed by atoms with Crippen molar-refractivity contribution in [3.05, 3.63) is 71.8 Å². The van der Waals surface area contributed by atoms with Gasteiger partial charge < -0.3 is 9.74 Å². The van der Waals surface area contributed by atoms with Crippen LogP contribution in [0, 0.1) is 0 Å². The molecule has 0 N–H and O–H groups in total. The van der Waals surface area contributed by atoms with Crippen molar-refractivity contribution in [2.75, 3.05) is 7.05 Å². The third-order valence-corrected chi connectivity index (χ3v) is 3.04. The zero-order valence-corrected chi connectivity index (χ0v) is 10.2. The second-order valence-electron chi connectivity index (χ2n) is 4.26. The largest absolute Gasteiger partial charge is 0.363 e. The van der Waals surface area contributed by atoms with Crippen molar-refractivity contribution in [1.29, 1.82) is 0 Å². The summed E-state index contributed by atoms with van der Waals surface area (Å²) >= 11 is 0. The molecule has 0 bridgehead atoms. The van der Waals surface area contributed by atoms with Crippen LogP contribution in [-0.2, 0) is 4.84 Å². The lowest BCUT2D eigenvalue weighted by Crippen LogP contribution is -2.26. The Hall–Kier alpha value is -2.29. The summed E-state index contributed by atoms with van der Waals surface area (Å²) in [6.45, 7) is 0. The molecule has 0 fully saturated rings. The van der Waals surface area contributed by atoms with Gasteiger partial charge in [-0.1, -0.05) is 65.8 Å². The van der Waals surface area contributed by atoms with Crippen molar-refractivity contribution < 1.29 is 4.84 Å². The highest BCUT2D eigenvalue weighted by atomic mass is 16.7. The number of hydrogen-bond acceptors (Lipinski definition) is 3. The van der Waals surface area contributed by atoms with Crippen LogP contribution in [0.2, 0.25) is 0 Å². The first-order chi connectivity index (χ1) is 8.86. The fraction of sp³-hybridized carbons (Fsp3) is 0.133. The molecule has 1 aliphatic heterocycles. The highest BCUT2D eigenvalue weighted by Crippen LogP contribution is 2.28. The van der Waals surface area contributed by atoms with Gasteiger partial charge in [0.2, 0.25) is 6.23 Å². The summed E-state index contributed by atoms with van der Waals surface area (Å²) in [7, 11) is 2.00. The second kappa shape index (κ2) is 4.53. The third kappa shape index (κ3) is 1.84. The smallest absolute Gasteiger partial charge is 0.227 e. The predicted octanol–water partition coefficient (Wildman–Crippen LogP) is 3.01. The first kappa shape index (κ1) is 10.8. The molecule has 2 aromatic rings. The van der Waals surface area contributed by atoms with E-state index in [9.17, 15) is 0 Å². The molecule has 0 aliphatic carbocycles.